The second-order valence-corrected chi connectivity index (χ2v) is 4.44. The van der Waals surface area contributed by atoms with Crippen LogP contribution in [0.2, 0.25) is 0 Å². The number of para-hydroxylation sites is 1. The van der Waals surface area contributed by atoms with Crippen molar-refractivity contribution in [1.82, 2.24) is 20.1 Å². The summed E-state index contributed by atoms with van der Waals surface area (Å²) in [4.78, 5) is 11.4. The van der Waals surface area contributed by atoms with Gasteiger partial charge >= 0.3 is 0 Å². The van der Waals surface area contributed by atoms with Crippen molar-refractivity contribution in [2.24, 2.45) is 0 Å². The van der Waals surface area contributed by atoms with Crippen molar-refractivity contribution in [1.29, 1.82) is 0 Å². The number of amides is 1. The Morgan fingerprint density at radius 1 is 1.44 bits per heavy atom. The molecular formula is C12H13ClN4O. The van der Waals surface area contributed by atoms with Gasteiger partial charge in [-0.25, -0.2) is 0 Å². The summed E-state index contributed by atoms with van der Waals surface area (Å²) >= 11 is 5.67. The van der Waals surface area contributed by atoms with E-state index in [4.69, 9.17) is 11.6 Å². The van der Waals surface area contributed by atoms with Crippen LogP contribution in [0.4, 0.5) is 0 Å². The summed E-state index contributed by atoms with van der Waals surface area (Å²) in [6, 6.07) is 9.68. The molecular weight excluding hydrogens is 252 g/mol. The molecule has 1 heterocycles. The highest BCUT2D eigenvalue weighted by Crippen LogP contribution is 2.08. The molecule has 1 aromatic carbocycles. The summed E-state index contributed by atoms with van der Waals surface area (Å²) in [5, 5.41) is 9.97. The van der Waals surface area contributed by atoms with E-state index in [9.17, 15) is 4.79 Å². The van der Waals surface area contributed by atoms with Gasteiger partial charge in [-0.3, -0.25) is 9.36 Å². The monoisotopic (exact) mass is 264 g/mol. The van der Waals surface area contributed by atoms with Crippen LogP contribution in [0.3, 0.4) is 0 Å². The van der Waals surface area contributed by atoms with Gasteiger partial charge in [-0.2, -0.15) is 0 Å². The minimum absolute atomic E-state index is 0.223. The van der Waals surface area contributed by atoms with E-state index in [2.05, 4.69) is 15.5 Å². The van der Waals surface area contributed by atoms with E-state index >= 15 is 0 Å². The van der Waals surface area contributed by atoms with Crippen LogP contribution < -0.4 is 5.32 Å². The van der Waals surface area contributed by atoms with Gasteiger partial charge in [-0.15, -0.1) is 21.8 Å². The molecule has 2 rings (SSSR count). The Morgan fingerprint density at radius 3 is 2.83 bits per heavy atom. The first-order valence-electron chi connectivity index (χ1n) is 5.54. The molecule has 0 spiro atoms. The average Bonchev–Trinajstić information content (AvgIpc) is 2.85. The van der Waals surface area contributed by atoms with E-state index in [-0.39, 0.29) is 5.91 Å². The highest BCUT2D eigenvalue weighted by atomic mass is 35.5. The molecule has 18 heavy (non-hydrogen) atoms. The number of carbonyl (C=O) groups excluding carboxylic acids is 1. The maximum Gasteiger partial charge on any atom is 0.238 e. The zero-order valence-corrected chi connectivity index (χ0v) is 10.6. The molecule has 0 saturated carbocycles. The minimum Gasteiger partial charge on any atom is -0.348 e. The van der Waals surface area contributed by atoms with E-state index in [0.29, 0.717) is 12.4 Å². The molecule has 1 unspecified atom stereocenters. The summed E-state index contributed by atoms with van der Waals surface area (Å²) in [6.07, 6.45) is 1.61. The molecule has 0 aliphatic rings. The van der Waals surface area contributed by atoms with Crippen LogP contribution in [0.5, 0.6) is 0 Å². The van der Waals surface area contributed by atoms with E-state index in [1.165, 1.54) is 0 Å². The van der Waals surface area contributed by atoms with Crippen LogP contribution in [-0.2, 0) is 11.3 Å². The molecule has 1 N–H and O–H groups in total. The van der Waals surface area contributed by atoms with Crippen molar-refractivity contribution >= 4 is 17.5 Å². The lowest BCUT2D eigenvalue weighted by atomic mass is 10.3. The van der Waals surface area contributed by atoms with Gasteiger partial charge in [0.1, 0.15) is 11.7 Å². The molecule has 0 saturated heterocycles. The first kappa shape index (κ1) is 12.6. The molecule has 0 aliphatic carbocycles. The SMILES string of the molecule is CC(Cl)C(=O)NCc1nncn1-c1ccccc1. The number of hydrogen-bond donors (Lipinski definition) is 1. The zero-order valence-electron chi connectivity index (χ0n) is 9.88. The average molecular weight is 265 g/mol. The summed E-state index contributed by atoms with van der Waals surface area (Å²) in [5.41, 5.74) is 0.950. The fraction of sp³-hybridized carbons (Fsp3) is 0.250. The first-order valence-corrected chi connectivity index (χ1v) is 5.98. The Morgan fingerprint density at radius 2 is 2.17 bits per heavy atom. The van der Waals surface area contributed by atoms with Crippen molar-refractivity contribution in [2.75, 3.05) is 0 Å². The van der Waals surface area contributed by atoms with E-state index < -0.39 is 5.38 Å². The van der Waals surface area contributed by atoms with Crippen LogP contribution in [0.25, 0.3) is 5.69 Å². The standard InChI is InChI=1S/C12H13ClN4O/c1-9(13)12(18)14-7-11-16-15-8-17(11)10-5-3-2-4-6-10/h2-6,8-9H,7H2,1H3,(H,14,18). The highest BCUT2D eigenvalue weighted by Gasteiger charge is 2.11. The van der Waals surface area contributed by atoms with Crippen LogP contribution in [0, 0.1) is 0 Å². The smallest absolute Gasteiger partial charge is 0.238 e. The molecule has 0 aliphatic heterocycles. The van der Waals surface area contributed by atoms with E-state index in [1.807, 2.05) is 34.9 Å². The Hall–Kier alpha value is -1.88. The number of carbonyl (C=O) groups is 1. The third-order valence-corrected chi connectivity index (χ3v) is 2.63. The van der Waals surface area contributed by atoms with E-state index in [1.54, 1.807) is 13.3 Å². The number of aromatic nitrogens is 3. The molecule has 0 radical (unpaired) electrons. The number of halogens is 1. The maximum atomic E-state index is 11.4. The van der Waals surface area contributed by atoms with Gasteiger partial charge < -0.3 is 5.32 Å². The second kappa shape index (κ2) is 5.64. The Labute approximate surface area is 110 Å². The molecule has 2 aromatic rings. The molecule has 1 aromatic heterocycles. The maximum absolute atomic E-state index is 11.4. The molecule has 1 atom stereocenters. The van der Waals surface area contributed by atoms with Gasteiger partial charge in [-0.05, 0) is 19.1 Å². The fourth-order valence-corrected chi connectivity index (χ4v) is 1.57. The zero-order chi connectivity index (χ0) is 13.0. The third-order valence-electron chi connectivity index (χ3n) is 2.43. The van der Waals surface area contributed by atoms with Crippen LogP contribution >= 0.6 is 11.6 Å². The van der Waals surface area contributed by atoms with Crippen molar-refractivity contribution in [2.45, 2.75) is 18.8 Å². The van der Waals surface area contributed by atoms with Crippen LogP contribution in [0.1, 0.15) is 12.7 Å². The predicted molar refractivity (Wildman–Crippen MR) is 68.5 cm³/mol. The second-order valence-electron chi connectivity index (χ2n) is 3.79. The molecule has 94 valence electrons. The number of nitrogens with zero attached hydrogens (tertiary/aromatic N) is 3. The Balaban J connectivity index is 2.12. The topological polar surface area (TPSA) is 59.8 Å². The molecule has 0 fully saturated rings. The van der Waals surface area contributed by atoms with Crippen molar-refractivity contribution in [3.8, 4) is 5.69 Å². The lowest BCUT2D eigenvalue weighted by molar-refractivity contribution is -0.120. The first-order chi connectivity index (χ1) is 8.68. The van der Waals surface area contributed by atoms with Crippen molar-refractivity contribution in [3.63, 3.8) is 0 Å². The third kappa shape index (κ3) is 2.87. The summed E-state index contributed by atoms with van der Waals surface area (Å²) < 4.78 is 1.82. The largest absolute Gasteiger partial charge is 0.348 e. The number of alkyl halides is 1. The summed E-state index contributed by atoms with van der Waals surface area (Å²) in [7, 11) is 0. The quantitative estimate of drug-likeness (QED) is 0.852. The summed E-state index contributed by atoms with van der Waals surface area (Å²) in [5.74, 6) is 0.436. The van der Waals surface area contributed by atoms with Gasteiger partial charge in [0, 0.05) is 5.69 Å². The Bertz CT molecular complexity index is 524. The van der Waals surface area contributed by atoms with Gasteiger partial charge in [0.05, 0.1) is 6.54 Å². The van der Waals surface area contributed by atoms with Gasteiger partial charge in [-0.1, -0.05) is 18.2 Å². The normalized spacial score (nSPS) is 12.1. The lowest BCUT2D eigenvalue weighted by Crippen LogP contribution is -2.30. The number of nitrogens with one attached hydrogen (secondary N) is 1. The number of benzene rings is 1. The number of hydrogen-bond acceptors (Lipinski definition) is 3. The molecule has 6 heteroatoms. The van der Waals surface area contributed by atoms with Gasteiger partial charge in [0.15, 0.2) is 5.82 Å². The summed E-state index contributed by atoms with van der Waals surface area (Å²) in [6.45, 7) is 1.92. The van der Waals surface area contributed by atoms with E-state index in [0.717, 1.165) is 5.69 Å². The lowest BCUT2D eigenvalue weighted by Gasteiger charge is -2.08. The highest BCUT2D eigenvalue weighted by molar-refractivity contribution is 6.30. The van der Waals surface area contributed by atoms with Crippen LogP contribution in [0.15, 0.2) is 36.7 Å². The van der Waals surface area contributed by atoms with Crippen LogP contribution in [-0.4, -0.2) is 26.0 Å². The Kier molecular flexibility index (Phi) is 3.94. The predicted octanol–water partition coefficient (Wildman–Crippen LogP) is 1.51. The van der Waals surface area contributed by atoms with Crippen molar-refractivity contribution in [3.05, 3.63) is 42.5 Å². The van der Waals surface area contributed by atoms with Gasteiger partial charge in [0.25, 0.3) is 0 Å². The molecule has 0 bridgehead atoms. The fourth-order valence-electron chi connectivity index (χ4n) is 1.49. The minimum atomic E-state index is -0.557. The molecule has 5 nitrogen and oxygen atoms in total. The number of rotatable bonds is 4. The van der Waals surface area contributed by atoms with Gasteiger partial charge in [0.2, 0.25) is 5.91 Å². The van der Waals surface area contributed by atoms with Crippen molar-refractivity contribution < 1.29 is 4.79 Å². The molecule has 1 amide bonds.